The van der Waals surface area contributed by atoms with Gasteiger partial charge >= 0.3 is 0 Å². The Bertz CT molecular complexity index is 1100. The summed E-state index contributed by atoms with van der Waals surface area (Å²) in [5.74, 6) is -1.29. The van der Waals surface area contributed by atoms with Gasteiger partial charge in [0.05, 0.1) is 12.8 Å². The van der Waals surface area contributed by atoms with Gasteiger partial charge in [0.2, 0.25) is 10.0 Å². The van der Waals surface area contributed by atoms with Crippen LogP contribution in [0.25, 0.3) is 0 Å². The fraction of sp³-hybridized carbons (Fsp3) is 0.0556. The van der Waals surface area contributed by atoms with E-state index in [2.05, 4.69) is 10.0 Å². The molecule has 6 nitrogen and oxygen atoms in total. The van der Waals surface area contributed by atoms with Crippen LogP contribution in [0.3, 0.4) is 0 Å². The zero-order valence-corrected chi connectivity index (χ0v) is 16.4. The van der Waals surface area contributed by atoms with Crippen LogP contribution in [-0.2, 0) is 16.6 Å². The van der Waals surface area contributed by atoms with Crippen molar-refractivity contribution in [1.29, 1.82) is 0 Å². The molecule has 3 rings (SSSR count). The topological polar surface area (TPSA) is 88.4 Å². The molecule has 0 saturated carbocycles. The third-order valence-corrected chi connectivity index (χ3v) is 5.47. The van der Waals surface area contributed by atoms with Crippen LogP contribution in [0.1, 0.15) is 16.1 Å². The minimum atomic E-state index is -4.22. The van der Waals surface area contributed by atoms with Gasteiger partial charge in [-0.15, -0.1) is 0 Å². The number of carbonyl (C=O) groups is 1. The van der Waals surface area contributed by atoms with Crippen molar-refractivity contribution in [3.05, 3.63) is 82.0 Å². The van der Waals surface area contributed by atoms with Crippen LogP contribution >= 0.6 is 23.2 Å². The van der Waals surface area contributed by atoms with Gasteiger partial charge in [0, 0.05) is 21.3 Å². The minimum absolute atomic E-state index is 0.0594. The second kappa shape index (κ2) is 8.32. The summed E-state index contributed by atoms with van der Waals surface area (Å²) < 4.78 is 46.2. The van der Waals surface area contributed by atoms with E-state index in [0.717, 1.165) is 12.1 Å². The molecule has 0 saturated heterocycles. The maximum Gasteiger partial charge on any atom is 0.255 e. The van der Waals surface area contributed by atoms with Crippen molar-refractivity contribution in [3.8, 4) is 0 Å². The summed E-state index contributed by atoms with van der Waals surface area (Å²) in [4.78, 5) is 11.8. The number of hydrogen-bond acceptors (Lipinski definition) is 4. The summed E-state index contributed by atoms with van der Waals surface area (Å²) in [6.45, 7) is -0.161. The van der Waals surface area contributed by atoms with Gasteiger partial charge in [0.1, 0.15) is 16.5 Å². The third-order valence-electron chi connectivity index (χ3n) is 3.62. The molecule has 2 N–H and O–H groups in total. The number of hydrogen-bond donors (Lipinski definition) is 2. The summed E-state index contributed by atoms with van der Waals surface area (Å²) in [7, 11) is -4.22. The van der Waals surface area contributed by atoms with E-state index in [-0.39, 0.29) is 12.1 Å². The lowest BCUT2D eigenvalue weighted by Gasteiger charge is -2.10. The highest BCUT2D eigenvalue weighted by atomic mass is 35.5. The average Bonchev–Trinajstić information content (AvgIpc) is 3.13. The molecule has 0 aliphatic heterocycles. The number of rotatable bonds is 6. The average molecular weight is 443 g/mol. The predicted octanol–water partition coefficient (Wildman–Crippen LogP) is 4.46. The number of carbonyl (C=O) groups excluding carboxylic acids is 1. The highest BCUT2D eigenvalue weighted by molar-refractivity contribution is 7.89. The fourth-order valence-corrected chi connectivity index (χ4v) is 3.96. The standard InChI is InChI=1S/C18H13Cl2FN2O4S/c19-12-7-13(20)9-14(8-12)23-18(24)11-3-4-16(21)17(6-11)28(25,26)22-10-15-2-1-5-27-15/h1-9,22H,10H2,(H,23,24). The maximum atomic E-state index is 14.1. The Hall–Kier alpha value is -2.39. The zero-order chi connectivity index (χ0) is 20.3. The van der Waals surface area contributed by atoms with Crippen molar-refractivity contribution in [2.45, 2.75) is 11.4 Å². The summed E-state index contributed by atoms with van der Waals surface area (Å²) >= 11 is 11.8. The number of halogens is 3. The summed E-state index contributed by atoms with van der Waals surface area (Å²) in [5.41, 5.74) is 0.253. The second-order valence-corrected chi connectivity index (χ2v) is 8.27. The van der Waals surface area contributed by atoms with Gasteiger partial charge < -0.3 is 9.73 Å². The Morgan fingerprint density at radius 1 is 1.07 bits per heavy atom. The van der Waals surface area contributed by atoms with E-state index in [0.29, 0.717) is 21.5 Å². The molecular formula is C18H13Cl2FN2O4S. The number of anilines is 1. The lowest BCUT2D eigenvalue weighted by Crippen LogP contribution is -2.24. The Kier molecular flexibility index (Phi) is 6.04. The summed E-state index contributed by atoms with van der Waals surface area (Å²) in [6.07, 6.45) is 1.39. The van der Waals surface area contributed by atoms with Crippen LogP contribution in [-0.4, -0.2) is 14.3 Å². The van der Waals surface area contributed by atoms with Crippen molar-refractivity contribution in [2.75, 3.05) is 5.32 Å². The van der Waals surface area contributed by atoms with E-state index in [9.17, 15) is 17.6 Å². The monoisotopic (exact) mass is 442 g/mol. The Labute approximate surface area is 170 Å². The quantitative estimate of drug-likeness (QED) is 0.589. The number of nitrogens with one attached hydrogen (secondary N) is 2. The van der Waals surface area contributed by atoms with Crippen molar-refractivity contribution >= 4 is 44.8 Å². The molecule has 0 atom stereocenters. The van der Waals surface area contributed by atoms with Crippen LogP contribution in [0.2, 0.25) is 10.0 Å². The molecule has 0 fully saturated rings. The molecule has 28 heavy (non-hydrogen) atoms. The van der Waals surface area contributed by atoms with Crippen LogP contribution in [0.15, 0.2) is 64.1 Å². The maximum absolute atomic E-state index is 14.1. The van der Waals surface area contributed by atoms with Crippen molar-refractivity contribution < 1.29 is 22.0 Å². The van der Waals surface area contributed by atoms with Gasteiger partial charge in [-0.3, -0.25) is 4.79 Å². The van der Waals surface area contributed by atoms with Crippen LogP contribution in [0.5, 0.6) is 0 Å². The molecular weight excluding hydrogens is 430 g/mol. The first-order valence-corrected chi connectivity index (χ1v) is 10.1. The fourth-order valence-electron chi connectivity index (χ4n) is 2.34. The predicted molar refractivity (Wildman–Crippen MR) is 104 cm³/mol. The van der Waals surface area contributed by atoms with Crippen molar-refractivity contribution in [3.63, 3.8) is 0 Å². The molecule has 1 heterocycles. The Morgan fingerprint density at radius 3 is 2.43 bits per heavy atom. The molecule has 3 aromatic rings. The highest BCUT2D eigenvalue weighted by Gasteiger charge is 2.21. The lowest BCUT2D eigenvalue weighted by molar-refractivity contribution is 0.102. The van der Waals surface area contributed by atoms with E-state index in [1.807, 2.05) is 0 Å². The Balaban J connectivity index is 1.82. The van der Waals surface area contributed by atoms with E-state index >= 15 is 0 Å². The molecule has 1 amide bonds. The number of amides is 1. The van der Waals surface area contributed by atoms with Crippen molar-refractivity contribution in [2.24, 2.45) is 0 Å². The summed E-state index contributed by atoms with van der Waals surface area (Å²) in [6, 6.07) is 10.6. The molecule has 0 radical (unpaired) electrons. The van der Waals surface area contributed by atoms with E-state index < -0.39 is 26.6 Å². The van der Waals surface area contributed by atoms with Gasteiger partial charge in [-0.2, -0.15) is 0 Å². The first-order chi connectivity index (χ1) is 13.2. The second-order valence-electron chi connectivity index (χ2n) is 5.66. The minimum Gasteiger partial charge on any atom is -0.468 e. The largest absolute Gasteiger partial charge is 0.468 e. The number of benzene rings is 2. The smallest absolute Gasteiger partial charge is 0.255 e. The first kappa shape index (κ1) is 20.3. The van der Waals surface area contributed by atoms with Crippen LogP contribution in [0.4, 0.5) is 10.1 Å². The highest BCUT2D eigenvalue weighted by Crippen LogP contribution is 2.23. The molecule has 0 spiro atoms. The molecule has 0 unspecified atom stereocenters. The lowest BCUT2D eigenvalue weighted by atomic mass is 10.2. The molecule has 0 aliphatic carbocycles. The first-order valence-electron chi connectivity index (χ1n) is 7.84. The number of furan rings is 1. The molecule has 0 aliphatic rings. The van der Waals surface area contributed by atoms with Gasteiger partial charge in [0.15, 0.2) is 0 Å². The zero-order valence-electron chi connectivity index (χ0n) is 14.1. The third kappa shape index (κ3) is 4.90. The van der Waals surface area contributed by atoms with Gasteiger partial charge in [-0.05, 0) is 48.5 Å². The normalized spacial score (nSPS) is 11.4. The van der Waals surface area contributed by atoms with Crippen LogP contribution in [0, 0.1) is 5.82 Å². The molecule has 2 aromatic carbocycles. The molecule has 0 bridgehead atoms. The van der Waals surface area contributed by atoms with E-state index in [4.69, 9.17) is 27.6 Å². The summed E-state index contributed by atoms with van der Waals surface area (Å²) in [5, 5.41) is 3.16. The molecule has 146 valence electrons. The van der Waals surface area contributed by atoms with Gasteiger partial charge in [0.25, 0.3) is 5.91 Å². The van der Waals surface area contributed by atoms with Gasteiger partial charge in [-0.1, -0.05) is 23.2 Å². The van der Waals surface area contributed by atoms with Crippen molar-refractivity contribution in [1.82, 2.24) is 4.72 Å². The van der Waals surface area contributed by atoms with Gasteiger partial charge in [-0.25, -0.2) is 17.5 Å². The molecule has 1 aromatic heterocycles. The van der Waals surface area contributed by atoms with E-state index in [1.165, 1.54) is 30.5 Å². The SMILES string of the molecule is O=C(Nc1cc(Cl)cc(Cl)c1)c1ccc(F)c(S(=O)(=O)NCc2ccco2)c1. The Morgan fingerprint density at radius 2 is 1.79 bits per heavy atom. The van der Waals surface area contributed by atoms with E-state index in [1.54, 1.807) is 12.1 Å². The van der Waals surface area contributed by atoms with Crippen LogP contribution < -0.4 is 10.0 Å². The molecule has 10 heteroatoms. The number of sulfonamides is 1.